The molecule has 26 heavy (non-hydrogen) atoms. The van der Waals surface area contributed by atoms with Crippen LogP contribution in [0.25, 0.3) is 10.9 Å². The second-order valence-corrected chi connectivity index (χ2v) is 6.27. The van der Waals surface area contributed by atoms with Crippen molar-refractivity contribution in [2.45, 2.75) is 18.9 Å². The molecular weight excluding hydrogens is 326 g/mol. The van der Waals surface area contributed by atoms with Gasteiger partial charge in [0.15, 0.2) is 5.82 Å². The lowest BCUT2D eigenvalue weighted by Crippen LogP contribution is -2.38. The molecule has 1 saturated heterocycles. The average molecular weight is 345 g/mol. The Labute approximate surface area is 151 Å². The van der Waals surface area contributed by atoms with Crippen LogP contribution in [0.1, 0.15) is 18.4 Å². The van der Waals surface area contributed by atoms with Gasteiger partial charge in [-0.3, -0.25) is 0 Å². The van der Waals surface area contributed by atoms with Gasteiger partial charge in [0.25, 0.3) is 0 Å². The van der Waals surface area contributed by atoms with E-state index in [2.05, 4.69) is 37.0 Å². The Morgan fingerprint density at radius 1 is 1.15 bits per heavy atom. The summed E-state index contributed by atoms with van der Waals surface area (Å²) in [5, 5.41) is 20.3. The molecule has 3 aromatic rings. The van der Waals surface area contributed by atoms with E-state index in [0.717, 1.165) is 36.8 Å². The highest BCUT2D eigenvalue weighted by atomic mass is 15.2. The number of benzene rings is 1. The first-order chi connectivity index (χ1) is 12.8. The number of piperidine rings is 1. The predicted molar refractivity (Wildman–Crippen MR) is 101 cm³/mol. The third kappa shape index (κ3) is 3.55. The second-order valence-electron chi connectivity index (χ2n) is 6.27. The fourth-order valence-corrected chi connectivity index (χ4v) is 3.04. The van der Waals surface area contributed by atoms with Crippen molar-refractivity contribution >= 4 is 28.5 Å². The minimum absolute atomic E-state index is 0.295. The van der Waals surface area contributed by atoms with Gasteiger partial charge in [-0.25, -0.2) is 9.97 Å². The maximum atomic E-state index is 9.36. The number of hydrogen-bond donors (Lipinski definition) is 3. The van der Waals surface area contributed by atoms with E-state index >= 15 is 0 Å². The molecule has 0 saturated carbocycles. The van der Waals surface area contributed by atoms with Crippen LogP contribution in [-0.2, 0) is 0 Å². The van der Waals surface area contributed by atoms with E-state index in [1.807, 2.05) is 36.4 Å². The Morgan fingerprint density at radius 3 is 2.92 bits per heavy atom. The zero-order chi connectivity index (χ0) is 17.8. The van der Waals surface area contributed by atoms with Crippen molar-refractivity contribution in [3.63, 3.8) is 0 Å². The average Bonchev–Trinajstić information content (AvgIpc) is 2.69. The lowest BCUT2D eigenvalue weighted by Gasteiger charge is -2.23. The fraction of sp³-hybridized carbons (Fsp3) is 0.263. The summed E-state index contributed by atoms with van der Waals surface area (Å²) in [7, 11) is 0. The molecule has 1 fully saturated rings. The Balaban J connectivity index is 1.59. The van der Waals surface area contributed by atoms with Gasteiger partial charge in [0.2, 0.25) is 5.95 Å². The SMILES string of the molecule is N#Cc1cnc(N[C@H]2CCCNC2)nc1Nc1ccc2ccccc2n1. The number of aromatic nitrogens is 3. The minimum Gasteiger partial charge on any atom is -0.350 e. The summed E-state index contributed by atoms with van der Waals surface area (Å²) in [6.07, 6.45) is 3.74. The van der Waals surface area contributed by atoms with Gasteiger partial charge in [0.05, 0.1) is 11.7 Å². The molecule has 3 N–H and O–H groups in total. The molecule has 1 aromatic carbocycles. The molecule has 130 valence electrons. The van der Waals surface area contributed by atoms with Gasteiger partial charge in [0.1, 0.15) is 17.5 Å². The largest absolute Gasteiger partial charge is 0.350 e. The van der Waals surface area contributed by atoms with Crippen LogP contribution in [0.3, 0.4) is 0 Å². The Hall–Kier alpha value is -3.24. The van der Waals surface area contributed by atoms with Gasteiger partial charge in [-0.2, -0.15) is 10.2 Å². The normalized spacial score (nSPS) is 16.8. The topological polar surface area (TPSA) is 98.5 Å². The number of nitrogens with zero attached hydrogens (tertiary/aromatic N) is 4. The molecule has 2 aromatic heterocycles. The summed E-state index contributed by atoms with van der Waals surface area (Å²) in [6, 6.07) is 14.2. The molecule has 0 spiro atoms. The smallest absolute Gasteiger partial charge is 0.224 e. The quantitative estimate of drug-likeness (QED) is 0.669. The van der Waals surface area contributed by atoms with Crippen molar-refractivity contribution in [3.05, 3.63) is 48.2 Å². The molecule has 7 nitrogen and oxygen atoms in total. The molecule has 0 radical (unpaired) electrons. The molecule has 1 aliphatic rings. The van der Waals surface area contributed by atoms with Crippen molar-refractivity contribution < 1.29 is 0 Å². The summed E-state index contributed by atoms with van der Waals surface area (Å²) in [6.45, 7) is 1.94. The van der Waals surface area contributed by atoms with Crippen LogP contribution in [0.4, 0.5) is 17.6 Å². The first-order valence-electron chi connectivity index (χ1n) is 8.69. The van der Waals surface area contributed by atoms with Gasteiger partial charge >= 0.3 is 0 Å². The number of para-hydroxylation sites is 1. The number of fused-ring (bicyclic) bond motifs is 1. The van der Waals surface area contributed by atoms with E-state index in [0.29, 0.717) is 29.2 Å². The number of nitriles is 1. The lowest BCUT2D eigenvalue weighted by molar-refractivity contribution is 0.478. The van der Waals surface area contributed by atoms with Crippen LogP contribution in [-0.4, -0.2) is 34.1 Å². The summed E-state index contributed by atoms with van der Waals surface area (Å²) in [5.41, 5.74) is 1.27. The van der Waals surface area contributed by atoms with Crippen LogP contribution in [0.15, 0.2) is 42.6 Å². The summed E-state index contributed by atoms with van der Waals surface area (Å²) in [5.74, 6) is 1.61. The third-order valence-electron chi connectivity index (χ3n) is 4.38. The van der Waals surface area contributed by atoms with Gasteiger partial charge in [-0.15, -0.1) is 0 Å². The Bertz CT molecular complexity index is 958. The van der Waals surface area contributed by atoms with Crippen molar-refractivity contribution in [2.24, 2.45) is 0 Å². The van der Waals surface area contributed by atoms with E-state index in [1.54, 1.807) is 0 Å². The standard InChI is InChI=1S/C19H19N7/c20-10-14-11-22-19(23-15-5-3-9-21-12-15)26-18(14)25-17-8-7-13-4-1-2-6-16(13)24-17/h1-2,4,6-8,11,15,21H,3,5,9,12H2,(H2,22,23,24,25,26)/t15-/m0/s1. The minimum atomic E-state index is 0.295. The van der Waals surface area contributed by atoms with Crippen LogP contribution in [0.2, 0.25) is 0 Å². The highest BCUT2D eigenvalue weighted by Crippen LogP contribution is 2.21. The molecule has 1 atom stereocenters. The van der Waals surface area contributed by atoms with Crippen LogP contribution in [0.5, 0.6) is 0 Å². The van der Waals surface area contributed by atoms with Crippen LogP contribution in [0, 0.1) is 11.3 Å². The Morgan fingerprint density at radius 2 is 2.08 bits per heavy atom. The van der Waals surface area contributed by atoms with Crippen molar-refractivity contribution in [1.29, 1.82) is 5.26 Å². The van der Waals surface area contributed by atoms with Gasteiger partial charge in [-0.1, -0.05) is 18.2 Å². The molecule has 0 bridgehead atoms. The first kappa shape index (κ1) is 16.2. The first-order valence-corrected chi connectivity index (χ1v) is 8.69. The third-order valence-corrected chi connectivity index (χ3v) is 4.38. The summed E-state index contributed by atoms with van der Waals surface area (Å²) in [4.78, 5) is 13.3. The van der Waals surface area contributed by atoms with Crippen molar-refractivity contribution in [1.82, 2.24) is 20.3 Å². The number of hydrogen-bond acceptors (Lipinski definition) is 7. The number of anilines is 3. The van der Waals surface area contributed by atoms with Crippen molar-refractivity contribution in [2.75, 3.05) is 23.7 Å². The Kier molecular flexibility index (Phi) is 4.58. The van der Waals surface area contributed by atoms with Gasteiger partial charge in [0, 0.05) is 18.0 Å². The van der Waals surface area contributed by atoms with Gasteiger partial charge < -0.3 is 16.0 Å². The monoisotopic (exact) mass is 345 g/mol. The molecule has 0 unspecified atom stereocenters. The molecular formula is C19H19N7. The second kappa shape index (κ2) is 7.33. The number of rotatable bonds is 4. The van der Waals surface area contributed by atoms with E-state index < -0.39 is 0 Å². The van der Waals surface area contributed by atoms with E-state index in [1.165, 1.54) is 6.20 Å². The number of nitrogens with one attached hydrogen (secondary N) is 3. The van der Waals surface area contributed by atoms with Crippen LogP contribution >= 0.6 is 0 Å². The summed E-state index contributed by atoms with van der Waals surface area (Å²) >= 11 is 0. The molecule has 7 heteroatoms. The summed E-state index contributed by atoms with van der Waals surface area (Å²) < 4.78 is 0. The zero-order valence-electron chi connectivity index (χ0n) is 14.2. The molecule has 1 aliphatic heterocycles. The van der Waals surface area contributed by atoms with E-state index in [-0.39, 0.29) is 0 Å². The highest BCUT2D eigenvalue weighted by molar-refractivity contribution is 5.80. The highest BCUT2D eigenvalue weighted by Gasteiger charge is 2.15. The molecule has 4 rings (SSSR count). The fourth-order valence-electron chi connectivity index (χ4n) is 3.04. The predicted octanol–water partition coefficient (Wildman–Crippen LogP) is 2.80. The van der Waals surface area contributed by atoms with E-state index in [9.17, 15) is 5.26 Å². The lowest BCUT2D eigenvalue weighted by atomic mass is 10.1. The zero-order valence-corrected chi connectivity index (χ0v) is 14.2. The maximum Gasteiger partial charge on any atom is 0.224 e. The van der Waals surface area contributed by atoms with Gasteiger partial charge in [-0.05, 0) is 37.6 Å². The maximum absolute atomic E-state index is 9.36. The van der Waals surface area contributed by atoms with Crippen molar-refractivity contribution in [3.8, 4) is 6.07 Å². The molecule has 3 heterocycles. The molecule has 0 amide bonds. The number of pyridine rings is 1. The molecule has 0 aliphatic carbocycles. The van der Waals surface area contributed by atoms with Crippen LogP contribution < -0.4 is 16.0 Å². The van der Waals surface area contributed by atoms with E-state index in [4.69, 9.17) is 0 Å².